The highest BCUT2D eigenvalue weighted by molar-refractivity contribution is 9.10. The summed E-state index contributed by atoms with van der Waals surface area (Å²) in [7, 11) is -0.338. The van der Waals surface area contributed by atoms with E-state index >= 15 is 0 Å². The van der Waals surface area contributed by atoms with E-state index < -0.39 is 0 Å². The number of hydrogen-bond donors (Lipinski definition) is 0. The van der Waals surface area contributed by atoms with Gasteiger partial charge in [-0.3, -0.25) is 4.98 Å². The van der Waals surface area contributed by atoms with Gasteiger partial charge in [0.25, 0.3) is 0 Å². The number of nitrogens with zero attached hydrogens (tertiary/aromatic N) is 1. The monoisotopic (exact) mass is 311 g/mol. The molecule has 0 amide bonds. The molecule has 1 aromatic rings. The number of halogens is 1. The average Bonchev–Trinajstić information content (AvgIpc) is 2.47. The molecule has 2 rings (SSSR count). The van der Waals surface area contributed by atoms with Crippen LogP contribution in [0.15, 0.2) is 16.9 Å². The summed E-state index contributed by atoms with van der Waals surface area (Å²) in [5.41, 5.74) is 1.59. The Morgan fingerprint density at radius 1 is 1.17 bits per heavy atom. The molecule has 18 heavy (non-hydrogen) atoms. The van der Waals surface area contributed by atoms with Gasteiger partial charge >= 0.3 is 7.12 Å². The van der Waals surface area contributed by atoms with Crippen molar-refractivity contribution in [3.63, 3.8) is 0 Å². The highest BCUT2D eigenvalue weighted by Gasteiger charge is 2.52. The van der Waals surface area contributed by atoms with Crippen molar-refractivity contribution in [1.29, 1.82) is 0 Å². The van der Waals surface area contributed by atoms with E-state index in [0.717, 1.165) is 16.4 Å². The zero-order valence-corrected chi connectivity index (χ0v) is 13.2. The molecule has 0 aliphatic carbocycles. The maximum atomic E-state index is 6.06. The van der Waals surface area contributed by atoms with E-state index in [1.54, 1.807) is 0 Å². The van der Waals surface area contributed by atoms with E-state index in [0.29, 0.717) is 0 Å². The van der Waals surface area contributed by atoms with Crippen LogP contribution < -0.4 is 5.46 Å². The second kappa shape index (κ2) is 4.62. The van der Waals surface area contributed by atoms with Crippen molar-refractivity contribution < 1.29 is 9.31 Å². The number of pyridine rings is 1. The standard InChI is InChI=1S/C13H19BBrNO2/c1-6-9-10(7-16-8-11(9)15)14-17-12(2,3)13(4,5)18-14/h7-8H,6H2,1-5H3. The van der Waals surface area contributed by atoms with E-state index in [2.05, 4.69) is 55.5 Å². The summed E-state index contributed by atoms with van der Waals surface area (Å²) < 4.78 is 13.1. The van der Waals surface area contributed by atoms with Crippen LogP contribution in [0, 0.1) is 0 Å². The molecule has 5 heteroatoms. The lowest BCUT2D eigenvalue weighted by Crippen LogP contribution is -2.41. The summed E-state index contributed by atoms with van der Waals surface area (Å²) in [5, 5.41) is 0. The molecule has 1 aromatic heterocycles. The van der Waals surface area contributed by atoms with Crippen molar-refractivity contribution in [2.24, 2.45) is 0 Å². The van der Waals surface area contributed by atoms with Crippen molar-refractivity contribution >= 4 is 28.5 Å². The third-order valence-electron chi connectivity index (χ3n) is 3.90. The molecule has 1 saturated heterocycles. The normalized spacial score (nSPS) is 21.3. The molecule has 0 spiro atoms. The summed E-state index contributed by atoms with van der Waals surface area (Å²) in [6.45, 7) is 10.4. The average molecular weight is 312 g/mol. The van der Waals surface area contributed by atoms with Crippen molar-refractivity contribution in [1.82, 2.24) is 4.98 Å². The van der Waals surface area contributed by atoms with Gasteiger partial charge in [0.15, 0.2) is 0 Å². The van der Waals surface area contributed by atoms with Crippen LogP contribution in [-0.2, 0) is 15.7 Å². The molecular weight excluding hydrogens is 293 g/mol. The molecule has 1 fully saturated rings. The summed E-state index contributed by atoms with van der Waals surface area (Å²) in [6.07, 6.45) is 4.57. The lowest BCUT2D eigenvalue weighted by Gasteiger charge is -2.32. The maximum Gasteiger partial charge on any atom is 0.496 e. The molecule has 1 aliphatic rings. The predicted octanol–water partition coefficient (Wildman–Crippen LogP) is 2.71. The minimum Gasteiger partial charge on any atom is -0.399 e. The third-order valence-corrected chi connectivity index (χ3v) is 4.58. The first kappa shape index (κ1) is 14.0. The Kier molecular flexibility index (Phi) is 3.60. The first-order valence-corrected chi connectivity index (χ1v) is 7.05. The molecule has 0 radical (unpaired) electrons. The molecule has 0 atom stereocenters. The summed E-state index contributed by atoms with van der Waals surface area (Å²) in [4.78, 5) is 4.23. The first-order chi connectivity index (χ1) is 8.28. The molecule has 1 aliphatic heterocycles. The molecule has 2 heterocycles. The van der Waals surface area contributed by atoms with Gasteiger partial charge in [0.1, 0.15) is 0 Å². The number of hydrogen-bond acceptors (Lipinski definition) is 3. The zero-order chi connectivity index (χ0) is 13.6. The van der Waals surface area contributed by atoms with Crippen LogP contribution in [0.4, 0.5) is 0 Å². The van der Waals surface area contributed by atoms with Crippen LogP contribution in [0.1, 0.15) is 40.2 Å². The quantitative estimate of drug-likeness (QED) is 0.787. The summed E-state index contributed by atoms with van der Waals surface area (Å²) >= 11 is 3.54. The van der Waals surface area contributed by atoms with Gasteiger partial charge < -0.3 is 9.31 Å². The molecule has 3 nitrogen and oxygen atoms in total. The van der Waals surface area contributed by atoms with Crippen LogP contribution >= 0.6 is 15.9 Å². The molecule has 0 saturated carbocycles. The Morgan fingerprint density at radius 3 is 2.22 bits per heavy atom. The van der Waals surface area contributed by atoms with E-state index in [4.69, 9.17) is 9.31 Å². The van der Waals surface area contributed by atoms with E-state index in [1.165, 1.54) is 5.56 Å². The van der Waals surface area contributed by atoms with Crippen molar-refractivity contribution in [2.45, 2.75) is 52.2 Å². The molecule has 98 valence electrons. The van der Waals surface area contributed by atoms with Crippen LogP contribution in [-0.4, -0.2) is 23.3 Å². The van der Waals surface area contributed by atoms with Crippen molar-refractivity contribution in [3.05, 3.63) is 22.4 Å². The Balaban J connectivity index is 2.38. The smallest absolute Gasteiger partial charge is 0.399 e. The summed E-state index contributed by atoms with van der Waals surface area (Å²) in [5.74, 6) is 0. The van der Waals surface area contributed by atoms with Gasteiger partial charge in [-0.15, -0.1) is 0 Å². The highest BCUT2D eigenvalue weighted by Crippen LogP contribution is 2.36. The van der Waals surface area contributed by atoms with Gasteiger partial charge in [0.05, 0.1) is 11.2 Å². The zero-order valence-electron chi connectivity index (χ0n) is 11.6. The van der Waals surface area contributed by atoms with E-state index in [9.17, 15) is 0 Å². The molecule has 0 N–H and O–H groups in total. The Morgan fingerprint density at radius 2 is 1.72 bits per heavy atom. The Bertz CT molecular complexity index is 446. The van der Waals surface area contributed by atoms with Gasteiger partial charge in [-0.1, -0.05) is 6.92 Å². The van der Waals surface area contributed by atoms with Gasteiger partial charge in [-0.05, 0) is 55.6 Å². The van der Waals surface area contributed by atoms with Crippen LogP contribution in [0.2, 0.25) is 0 Å². The fourth-order valence-electron chi connectivity index (χ4n) is 2.02. The lowest BCUT2D eigenvalue weighted by molar-refractivity contribution is 0.00578. The number of aromatic nitrogens is 1. The molecular formula is C13H19BBrNO2. The second-order valence-electron chi connectivity index (χ2n) is 5.63. The Labute approximate surface area is 118 Å². The first-order valence-electron chi connectivity index (χ1n) is 6.26. The molecule has 0 aromatic carbocycles. The van der Waals surface area contributed by atoms with Gasteiger partial charge in [-0.2, -0.15) is 0 Å². The van der Waals surface area contributed by atoms with Crippen LogP contribution in [0.25, 0.3) is 0 Å². The fourth-order valence-corrected chi connectivity index (χ4v) is 2.65. The topological polar surface area (TPSA) is 31.4 Å². The minimum atomic E-state index is -0.338. The predicted molar refractivity (Wildman–Crippen MR) is 77.0 cm³/mol. The van der Waals surface area contributed by atoms with Crippen molar-refractivity contribution in [3.8, 4) is 0 Å². The van der Waals surface area contributed by atoms with Gasteiger partial charge in [0, 0.05) is 22.3 Å². The largest absolute Gasteiger partial charge is 0.496 e. The minimum absolute atomic E-state index is 0.314. The van der Waals surface area contributed by atoms with Gasteiger partial charge in [-0.25, -0.2) is 0 Å². The van der Waals surface area contributed by atoms with Crippen LogP contribution in [0.3, 0.4) is 0 Å². The van der Waals surface area contributed by atoms with Crippen LogP contribution in [0.5, 0.6) is 0 Å². The SMILES string of the molecule is CCc1c(Br)cncc1B1OC(C)(C)C(C)(C)O1. The number of rotatable bonds is 2. The Hall–Kier alpha value is -0.385. The molecule has 0 bridgehead atoms. The van der Waals surface area contributed by atoms with Crippen molar-refractivity contribution in [2.75, 3.05) is 0 Å². The second-order valence-corrected chi connectivity index (χ2v) is 6.49. The third kappa shape index (κ3) is 2.24. The lowest BCUT2D eigenvalue weighted by atomic mass is 9.76. The highest BCUT2D eigenvalue weighted by atomic mass is 79.9. The molecule has 0 unspecified atom stereocenters. The maximum absolute atomic E-state index is 6.06. The summed E-state index contributed by atoms with van der Waals surface area (Å²) in [6, 6.07) is 0. The van der Waals surface area contributed by atoms with E-state index in [-0.39, 0.29) is 18.3 Å². The van der Waals surface area contributed by atoms with E-state index in [1.807, 2.05) is 12.4 Å². The fraction of sp³-hybridized carbons (Fsp3) is 0.615. The van der Waals surface area contributed by atoms with Gasteiger partial charge in [0.2, 0.25) is 0 Å².